The van der Waals surface area contributed by atoms with Gasteiger partial charge in [-0.15, -0.1) is 0 Å². The minimum Gasteiger partial charge on any atom is -0.491 e. The SMILES string of the molecule is COCCNCc1cc(OCCOC(C)(C)C)ccc1Br. The van der Waals surface area contributed by atoms with Crippen molar-refractivity contribution >= 4 is 15.9 Å². The summed E-state index contributed by atoms with van der Waals surface area (Å²) >= 11 is 3.56. The van der Waals surface area contributed by atoms with Crippen LogP contribution >= 0.6 is 15.9 Å². The van der Waals surface area contributed by atoms with E-state index in [0.29, 0.717) is 19.8 Å². The van der Waals surface area contributed by atoms with Crippen LogP contribution < -0.4 is 10.1 Å². The summed E-state index contributed by atoms with van der Waals surface area (Å²) in [5.41, 5.74) is 1.04. The fourth-order valence-electron chi connectivity index (χ4n) is 1.68. The average molecular weight is 360 g/mol. The van der Waals surface area contributed by atoms with Gasteiger partial charge in [0.15, 0.2) is 0 Å². The third-order valence-corrected chi connectivity index (χ3v) is 3.48. The van der Waals surface area contributed by atoms with Gasteiger partial charge in [-0.05, 0) is 44.5 Å². The quantitative estimate of drug-likeness (QED) is 0.686. The fourth-order valence-corrected chi connectivity index (χ4v) is 2.07. The van der Waals surface area contributed by atoms with Gasteiger partial charge in [-0.25, -0.2) is 0 Å². The first kappa shape index (κ1) is 18.4. The molecule has 0 atom stereocenters. The number of nitrogens with one attached hydrogen (secondary N) is 1. The molecule has 0 saturated heterocycles. The van der Waals surface area contributed by atoms with Crippen molar-refractivity contribution in [3.05, 3.63) is 28.2 Å². The highest BCUT2D eigenvalue weighted by atomic mass is 79.9. The molecule has 0 aromatic heterocycles. The molecule has 1 aromatic carbocycles. The molecule has 0 radical (unpaired) electrons. The minimum absolute atomic E-state index is 0.125. The van der Waals surface area contributed by atoms with E-state index in [4.69, 9.17) is 14.2 Å². The second-order valence-corrected chi connectivity index (χ2v) is 6.59. The lowest BCUT2D eigenvalue weighted by molar-refractivity contribution is -0.0163. The first-order valence-corrected chi connectivity index (χ1v) is 7.96. The molecule has 1 N–H and O–H groups in total. The molecule has 0 spiro atoms. The van der Waals surface area contributed by atoms with Crippen molar-refractivity contribution in [2.24, 2.45) is 0 Å². The molecule has 1 rings (SSSR count). The summed E-state index contributed by atoms with van der Waals surface area (Å²) in [4.78, 5) is 0. The molecule has 0 fully saturated rings. The predicted octanol–water partition coefficient (Wildman–Crippen LogP) is 3.38. The highest BCUT2D eigenvalue weighted by Gasteiger charge is 2.09. The zero-order chi connectivity index (χ0) is 15.7. The Morgan fingerprint density at radius 2 is 1.90 bits per heavy atom. The van der Waals surface area contributed by atoms with Crippen LogP contribution in [0.1, 0.15) is 26.3 Å². The first-order valence-electron chi connectivity index (χ1n) is 7.17. The second-order valence-electron chi connectivity index (χ2n) is 5.73. The van der Waals surface area contributed by atoms with E-state index in [1.807, 2.05) is 39.0 Å². The Hall–Kier alpha value is -0.620. The molecule has 0 bridgehead atoms. The van der Waals surface area contributed by atoms with Crippen LogP contribution in [0, 0.1) is 0 Å². The zero-order valence-electron chi connectivity index (χ0n) is 13.4. The molecule has 5 heteroatoms. The van der Waals surface area contributed by atoms with Crippen molar-refractivity contribution in [2.75, 3.05) is 33.5 Å². The van der Waals surface area contributed by atoms with E-state index in [0.717, 1.165) is 23.3 Å². The summed E-state index contributed by atoms with van der Waals surface area (Å²) in [6.07, 6.45) is 0. The Balaban J connectivity index is 2.41. The molecule has 120 valence electrons. The maximum atomic E-state index is 5.73. The van der Waals surface area contributed by atoms with Crippen molar-refractivity contribution < 1.29 is 14.2 Å². The number of hydrogen-bond donors (Lipinski definition) is 1. The number of benzene rings is 1. The maximum Gasteiger partial charge on any atom is 0.119 e. The first-order chi connectivity index (χ1) is 9.92. The molecule has 0 amide bonds. The van der Waals surface area contributed by atoms with Crippen LogP contribution in [0.5, 0.6) is 5.75 Å². The smallest absolute Gasteiger partial charge is 0.119 e. The van der Waals surface area contributed by atoms with Crippen molar-refractivity contribution in [2.45, 2.75) is 32.9 Å². The van der Waals surface area contributed by atoms with Crippen LogP contribution in [0.25, 0.3) is 0 Å². The molecule has 0 aliphatic rings. The van der Waals surface area contributed by atoms with Gasteiger partial charge < -0.3 is 19.5 Å². The lowest BCUT2D eigenvalue weighted by Gasteiger charge is -2.19. The van der Waals surface area contributed by atoms with Gasteiger partial charge in [-0.2, -0.15) is 0 Å². The van der Waals surface area contributed by atoms with Gasteiger partial charge in [0.1, 0.15) is 12.4 Å². The summed E-state index contributed by atoms with van der Waals surface area (Å²) in [6.45, 7) is 9.56. The summed E-state index contributed by atoms with van der Waals surface area (Å²) in [6, 6.07) is 6.01. The monoisotopic (exact) mass is 359 g/mol. The zero-order valence-corrected chi connectivity index (χ0v) is 15.0. The molecule has 1 aromatic rings. The lowest BCUT2D eigenvalue weighted by atomic mass is 10.2. The third-order valence-electron chi connectivity index (χ3n) is 2.70. The number of methoxy groups -OCH3 is 1. The molecule has 0 aliphatic carbocycles. The van der Waals surface area contributed by atoms with Crippen LogP contribution in [0.3, 0.4) is 0 Å². The van der Waals surface area contributed by atoms with Gasteiger partial charge in [-0.1, -0.05) is 15.9 Å². The van der Waals surface area contributed by atoms with Crippen LogP contribution in [0.2, 0.25) is 0 Å². The van der Waals surface area contributed by atoms with E-state index < -0.39 is 0 Å². The van der Waals surface area contributed by atoms with Crippen molar-refractivity contribution in [1.29, 1.82) is 0 Å². The molecular weight excluding hydrogens is 334 g/mol. The van der Waals surface area contributed by atoms with Crippen LogP contribution in [0.4, 0.5) is 0 Å². The normalized spacial score (nSPS) is 11.7. The predicted molar refractivity (Wildman–Crippen MR) is 88.9 cm³/mol. The molecule has 0 saturated carbocycles. The summed E-state index contributed by atoms with van der Waals surface area (Å²) in [7, 11) is 1.70. The minimum atomic E-state index is -0.125. The van der Waals surface area contributed by atoms with Crippen molar-refractivity contribution in [1.82, 2.24) is 5.32 Å². The molecule has 0 aliphatic heterocycles. The Morgan fingerprint density at radius 1 is 1.14 bits per heavy atom. The standard InChI is InChI=1S/C16H26BrNO3/c1-16(2,3)21-10-9-20-14-5-6-15(17)13(11-14)12-18-7-8-19-4/h5-6,11,18H,7-10,12H2,1-4H3. The Kier molecular flexibility index (Phi) is 8.26. The van der Waals surface area contributed by atoms with Crippen molar-refractivity contribution in [3.8, 4) is 5.75 Å². The van der Waals surface area contributed by atoms with Crippen LogP contribution in [-0.4, -0.2) is 39.1 Å². The van der Waals surface area contributed by atoms with E-state index in [1.54, 1.807) is 7.11 Å². The van der Waals surface area contributed by atoms with Crippen molar-refractivity contribution in [3.63, 3.8) is 0 Å². The number of hydrogen-bond acceptors (Lipinski definition) is 4. The Labute approximate surface area is 136 Å². The molecule has 0 unspecified atom stereocenters. The molecule has 4 nitrogen and oxygen atoms in total. The van der Waals surface area contributed by atoms with Gasteiger partial charge >= 0.3 is 0 Å². The van der Waals surface area contributed by atoms with Gasteiger partial charge in [0.05, 0.1) is 18.8 Å². The van der Waals surface area contributed by atoms with Gasteiger partial charge in [-0.3, -0.25) is 0 Å². The number of ether oxygens (including phenoxy) is 3. The number of rotatable bonds is 9. The van der Waals surface area contributed by atoms with Crippen LogP contribution in [-0.2, 0) is 16.0 Å². The second kappa shape index (κ2) is 9.41. The van der Waals surface area contributed by atoms with E-state index in [1.165, 1.54) is 5.56 Å². The highest BCUT2D eigenvalue weighted by Crippen LogP contribution is 2.22. The molecule has 21 heavy (non-hydrogen) atoms. The van der Waals surface area contributed by atoms with E-state index in [2.05, 4.69) is 21.2 Å². The largest absolute Gasteiger partial charge is 0.491 e. The summed E-state index contributed by atoms with van der Waals surface area (Å²) in [5.74, 6) is 0.860. The Bertz CT molecular complexity index is 418. The lowest BCUT2D eigenvalue weighted by Crippen LogP contribution is -2.22. The topological polar surface area (TPSA) is 39.7 Å². The maximum absolute atomic E-state index is 5.73. The molecular formula is C16H26BrNO3. The van der Waals surface area contributed by atoms with Crippen LogP contribution in [0.15, 0.2) is 22.7 Å². The molecule has 0 heterocycles. The van der Waals surface area contributed by atoms with E-state index in [-0.39, 0.29) is 5.60 Å². The van der Waals surface area contributed by atoms with Gasteiger partial charge in [0.2, 0.25) is 0 Å². The van der Waals surface area contributed by atoms with Gasteiger partial charge in [0, 0.05) is 24.7 Å². The Morgan fingerprint density at radius 3 is 2.57 bits per heavy atom. The summed E-state index contributed by atoms with van der Waals surface area (Å²) < 4.78 is 17.5. The van der Waals surface area contributed by atoms with E-state index in [9.17, 15) is 0 Å². The fraction of sp³-hybridized carbons (Fsp3) is 0.625. The van der Waals surface area contributed by atoms with E-state index >= 15 is 0 Å². The highest BCUT2D eigenvalue weighted by molar-refractivity contribution is 9.10. The number of halogens is 1. The summed E-state index contributed by atoms with van der Waals surface area (Å²) in [5, 5.41) is 3.32. The third kappa shape index (κ3) is 8.41. The average Bonchev–Trinajstić information content (AvgIpc) is 2.41. The van der Waals surface area contributed by atoms with Gasteiger partial charge in [0.25, 0.3) is 0 Å².